The summed E-state index contributed by atoms with van der Waals surface area (Å²) in [6.45, 7) is 7.78. The van der Waals surface area contributed by atoms with Gasteiger partial charge in [0.05, 0.1) is 0 Å². The summed E-state index contributed by atoms with van der Waals surface area (Å²) in [6.07, 6.45) is 9.97. The molecule has 1 atom stereocenters. The molecule has 1 unspecified atom stereocenters. The molecule has 0 aromatic carbocycles. The standard InChI is InChI=1S/C15H26N2/c1-4-7-8-15(17-10-5-2)14-9-11-16-12-13(14)6-3/h9,11-12,15,17H,4-8,10H2,1-3H3. The molecule has 17 heavy (non-hydrogen) atoms. The molecule has 0 aliphatic rings. The zero-order valence-electron chi connectivity index (χ0n) is 11.5. The van der Waals surface area contributed by atoms with E-state index < -0.39 is 0 Å². The van der Waals surface area contributed by atoms with Gasteiger partial charge in [-0.05, 0) is 43.0 Å². The SMILES string of the molecule is CCCCC(NCCC)c1ccncc1CC. The van der Waals surface area contributed by atoms with E-state index in [0.29, 0.717) is 6.04 Å². The number of aromatic nitrogens is 1. The van der Waals surface area contributed by atoms with E-state index in [-0.39, 0.29) is 0 Å². The summed E-state index contributed by atoms with van der Waals surface area (Å²) < 4.78 is 0. The summed E-state index contributed by atoms with van der Waals surface area (Å²) in [4.78, 5) is 4.23. The second kappa shape index (κ2) is 8.24. The van der Waals surface area contributed by atoms with Gasteiger partial charge in [-0.25, -0.2) is 0 Å². The fourth-order valence-electron chi connectivity index (χ4n) is 2.17. The number of nitrogens with zero attached hydrogens (tertiary/aromatic N) is 1. The van der Waals surface area contributed by atoms with Crippen LogP contribution in [-0.4, -0.2) is 11.5 Å². The molecule has 0 bridgehead atoms. The number of unbranched alkanes of at least 4 members (excludes halogenated alkanes) is 1. The van der Waals surface area contributed by atoms with Crippen molar-refractivity contribution in [2.24, 2.45) is 0 Å². The number of rotatable bonds is 8. The van der Waals surface area contributed by atoms with Crippen LogP contribution in [0.3, 0.4) is 0 Å². The van der Waals surface area contributed by atoms with Crippen molar-refractivity contribution in [3.63, 3.8) is 0 Å². The maximum Gasteiger partial charge on any atom is 0.0324 e. The number of hydrogen-bond donors (Lipinski definition) is 1. The molecular formula is C15H26N2. The smallest absolute Gasteiger partial charge is 0.0324 e. The number of hydrogen-bond acceptors (Lipinski definition) is 2. The van der Waals surface area contributed by atoms with Gasteiger partial charge in [-0.15, -0.1) is 0 Å². The van der Waals surface area contributed by atoms with Crippen molar-refractivity contribution in [1.82, 2.24) is 10.3 Å². The molecule has 1 aromatic rings. The Morgan fingerprint density at radius 1 is 1.24 bits per heavy atom. The lowest BCUT2D eigenvalue weighted by Crippen LogP contribution is -2.23. The Morgan fingerprint density at radius 3 is 2.71 bits per heavy atom. The first-order valence-electron chi connectivity index (χ1n) is 6.99. The number of pyridine rings is 1. The van der Waals surface area contributed by atoms with E-state index in [9.17, 15) is 0 Å². The summed E-state index contributed by atoms with van der Waals surface area (Å²) in [5.41, 5.74) is 2.83. The summed E-state index contributed by atoms with van der Waals surface area (Å²) in [6, 6.07) is 2.69. The molecule has 0 radical (unpaired) electrons. The molecule has 0 spiro atoms. The number of nitrogens with one attached hydrogen (secondary N) is 1. The normalized spacial score (nSPS) is 12.6. The lowest BCUT2D eigenvalue weighted by atomic mass is 9.96. The highest BCUT2D eigenvalue weighted by Gasteiger charge is 2.13. The van der Waals surface area contributed by atoms with Gasteiger partial charge in [0.15, 0.2) is 0 Å². The van der Waals surface area contributed by atoms with E-state index in [1.165, 1.54) is 36.8 Å². The lowest BCUT2D eigenvalue weighted by Gasteiger charge is -2.21. The summed E-state index contributed by atoms with van der Waals surface area (Å²) >= 11 is 0. The lowest BCUT2D eigenvalue weighted by molar-refractivity contribution is 0.478. The minimum atomic E-state index is 0.507. The largest absolute Gasteiger partial charge is 0.310 e. The third-order valence-electron chi connectivity index (χ3n) is 3.18. The summed E-state index contributed by atoms with van der Waals surface area (Å²) in [5.74, 6) is 0. The second-order valence-corrected chi connectivity index (χ2v) is 4.58. The molecule has 0 saturated carbocycles. The van der Waals surface area contributed by atoms with Crippen molar-refractivity contribution in [1.29, 1.82) is 0 Å². The van der Waals surface area contributed by atoms with Crippen LogP contribution in [0, 0.1) is 0 Å². The van der Waals surface area contributed by atoms with Crippen LogP contribution in [0.5, 0.6) is 0 Å². The first kappa shape index (κ1) is 14.2. The highest BCUT2D eigenvalue weighted by Crippen LogP contribution is 2.22. The first-order chi connectivity index (χ1) is 8.33. The van der Waals surface area contributed by atoms with Crippen molar-refractivity contribution in [3.05, 3.63) is 29.6 Å². The van der Waals surface area contributed by atoms with Crippen LogP contribution < -0.4 is 5.32 Å². The van der Waals surface area contributed by atoms with Crippen molar-refractivity contribution in [3.8, 4) is 0 Å². The Hall–Kier alpha value is -0.890. The van der Waals surface area contributed by atoms with Crippen LogP contribution in [-0.2, 0) is 6.42 Å². The minimum Gasteiger partial charge on any atom is -0.310 e. The molecule has 0 aliphatic heterocycles. The third-order valence-corrected chi connectivity index (χ3v) is 3.18. The van der Waals surface area contributed by atoms with Crippen molar-refractivity contribution < 1.29 is 0 Å². The van der Waals surface area contributed by atoms with Crippen LogP contribution in [0.2, 0.25) is 0 Å². The Bertz CT molecular complexity index is 302. The van der Waals surface area contributed by atoms with Crippen molar-refractivity contribution in [2.45, 2.75) is 58.9 Å². The summed E-state index contributed by atoms with van der Waals surface area (Å²) in [5, 5.41) is 3.67. The molecule has 0 amide bonds. The van der Waals surface area contributed by atoms with E-state index in [1.807, 2.05) is 12.4 Å². The van der Waals surface area contributed by atoms with Gasteiger partial charge in [0, 0.05) is 18.4 Å². The van der Waals surface area contributed by atoms with Gasteiger partial charge in [0.2, 0.25) is 0 Å². The van der Waals surface area contributed by atoms with E-state index in [1.54, 1.807) is 0 Å². The molecule has 1 heterocycles. The first-order valence-corrected chi connectivity index (χ1v) is 6.99. The third kappa shape index (κ3) is 4.47. The fraction of sp³-hybridized carbons (Fsp3) is 0.667. The van der Waals surface area contributed by atoms with Gasteiger partial charge < -0.3 is 5.32 Å². The Kier molecular flexibility index (Phi) is 6.87. The van der Waals surface area contributed by atoms with E-state index >= 15 is 0 Å². The van der Waals surface area contributed by atoms with Gasteiger partial charge >= 0.3 is 0 Å². The van der Waals surface area contributed by atoms with Gasteiger partial charge in [-0.1, -0.05) is 33.6 Å². The number of aryl methyl sites for hydroxylation is 1. The van der Waals surface area contributed by atoms with Gasteiger partial charge in [-0.2, -0.15) is 0 Å². The maximum atomic E-state index is 4.23. The monoisotopic (exact) mass is 234 g/mol. The highest BCUT2D eigenvalue weighted by atomic mass is 14.9. The molecular weight excluding hydrogens is 208 g/mol. The van der Waals surface area contributed by atoms with Crippen LogP contribution in [0.1, 0.15) is 63.6 Å². The molecule has 0 aliphatic carbocycles. The summed E-state index contributed by atoms with van der Waals surface area (Å²) in [7, 11) is 0. The van der Waals surface area contributed by atoms with Crippen molar-refractivity contribution in [2.75, 3.05) is 6.54 Å². The average Bonchev–Trinajstić information content (AvgIpc) is 2.39. The zero-order valence-corrected chi connectivity index (χ0v) is 11.5. The Morgan fingerprint density at radius 2 is 2.06 bits per heavy atom. The van der Waals surface area contributed by atoms with E-state index in [4.69, 9.17) is 0 Å². The van der Waals surface area contributed by atoms with Gasteiger partial charge in [0.1, 0.15) is 0 Å². The molecule has 96 valence electrons. The van der Waals surface area contributed by atoms with E-state index in [2.05, 4.69) is 37.1 Å². The molecule has 0 fully saturated rings. The molecule has 2 heteroatoms. The van der Waals surface area contributed by atoms with Crippen LogP contribution in [0.4, 0.5) is 0 Å². The quantitative estimate of drug-likeness (QED) is 0.738. The zero-order chi connectivity index (χ0) is 12.5. The molecule has 0 saturated heterocycles. The van der Waals surface area contributed by atoms with Crippen molar-refractivity contribution >= 4 is 0 Å². The topological polar surface area (TPSA) is 24.9 Å². The maximum absolute atomic E-state index is 4.23. The average molecular weight is 234 g/mol. The molecule has 1 rings (SSSR count). The van der Waals surface area contributed by atoms with Crippen LogP contribution >= 0.6 is 0 Å². The molecule has 1 N–H and O–H groups in total. The second-order valence-electron chi connectivity index (χ2n) is 4.58. The predicted molar refractivity (Wildman–Crippen MR) is 74.2 cm³/mol. The van der Waals surface area contributed by atoms with Gasteiger partial charge in [0.25, 0.3) is 0 Å². The minimum absolute atomic E-state index is 0.507. The Labute approximate surface area is 106 Å². The predicted octanol–water partition coefficient (Wildman–Crippen LogP) is 3.87. The van der Waals surface area contributed by atoms with Gasteiger partial charge in [-0.3, -0.25) is 4.98 Å². The fourth-order valence-corrected chi connectivity index (χ4v) is 2.17. The van der Waals surface area contributed by atoms with Crippen LogP contribution in [0.25, 0.3) is 0 Å². The van der Waals surface area contributed by atoms with Crippen LogP contribution in [0.15, 0.2) is 18.5 Å². The highest BCUT2D eigenvalue weighted by molar-refractivity contribution is 5.26. The Balaban J connectivity index is 2.78. The van der Waals surface area contributed by atoms with E-state index in [0.717, 1.165) is 13.0 Å². The molecule has 1 aromatic heterocycles. The molecule has 2 nitrogen and oxygen atoms in total.